The van der Waals surface area contributed by atoms with Gasteiger partial charge in [-0.15, -0.1) is 0 Å². The standard InChI is InChI=1S/C16H13Cl2NO4/c17-11-2-1-3-13(16(11)18)23-9-15(20)19-10-4-5-12-14(8-10)22-7-6-21-12/h1-5,8H,6-7,9H2,(H,19,20). The van der Waals surface area contributed by atoms with Gasteiger partial charge in [0.15, 0.2) is 18.1 Å². The molecule has 1 aliphatic rings. The van der Waals surface area contributed by atoms with Crippen molar-refractivity contribution < 1.29 is 19.0 Å². The molecule has 0 saturated carbocycles. The third-order valence-corrected chi connectivity index (χ3v) is 3.90. The summed E-state index contributed by atoms with van der Waals surface area (Å²) >= 11 is 11.9. The highest BCUT2D eigenvalue weighted by molar-refractivity contribution is 6.42. The summed E-state index contributed by atoms with van der Waals surface area (Å²) in [4.78, 5) is 12.0. The minimum Gasteiger partial charge on any atom is -0.486 e. The fraction of sp³-hybridized carbons (Fsp3) is 0.188. The van der Waals surface area contributed by atoms with Crippen molar-refractivity contribution in [2.24, 2.45) is 0 Å². The third kappa shape index (κ3) is 3.81. The highest BCUT2D eigenvalue weighted by Gasteiger charge is 2.13. The molecule has 1 N–H and O–H groups in total. The average molecular weight is 354 g/mol. The first-order valence-electron chi connectivity index (χ1n) is 6.90. The summed E-state index contributed by atoms with van der Waals surface area (Å²) in [5, 5.41) is 3.37. The summed E-state index contributed by atoms with van der Waals surface area (Å²) in [6.07, 6.45) is 0. The van der Waals surface area contributed by atoms with Gasteiger partial charge in [0.05, 0.1) is 5.02 Å². The van der Waals surface area contributed by atoms with Crippen molar-refractivity contribution >= 4 is 34.8 Å². The fourth-order valence-electron chi connectivity index (χ4n) is 2.06. The van der Waals surface area contributed by atoms with Crippen LogP contribution in [0.25, 0.3) is 0 Å². The Morgan fingerprint density at radius 2 is 1.91 bits per heavy atom. The molecule has 0 fully saturated rings. The van der Waals surface area contributed by atoms with E-state index in [9.17, 15) is 4.79 Å². The fourth-order valence-corrected chi connectivity index (χ4v) is 2.40. The normalized spacial score (nSPS) is 12.6. The molecule has 23 heavy (non-hydrogen) atoms. The summed E-state index contributed by atoms with van der Waals surface area (Å²) in [7, 11) is 0. The second-order valence-electron chi connectivity index (χ2n) is 4.75. The predicted octanol–water partition coefficient (Wildman–Crippen LogP) is 3.78. The zero-order chi connectivity index (χ0) is 16.2. The predicted molar refractivity (Wildman–Crippen MR) is 88.0 cm³/mol. The van der Waals surface area contributed by atoms with Crippen LogP contribution < -0.4 is 19.5 Å². The highest BCUT2D eigenvalue weighted by Crippen LogP contribution is 2.33. The first-order chi connectivity index (χ1) is 11.1. The maximum Gasteiger partial charge on any atom is 0.262 e. The molecular weight excluding hydrogens is 341 g/mol. The smallest absolute Gasteiger partial charge is 0.262 e. The molecule has 3 rings (SSSR count). The van der Waals surface area contributed by atoms with Crippen LogP contribution in [0, 0.1) is 0 Å². The number of hydrogen-bond acceptors (Lipinski definition) is 4. The number of nitrogens with one attached hydrogen (secondary N) is 1. The largest absolute Gasteiger partial charge is 0.486 e. The average Bonchev–Trinajstić information content (AvgIpc) is 2.56. The van der Waals surface area contributed by atoms with E-state index < -0.39 is 0 Å². The van der Waals surface area contributed by atoms with Gasteiger partial charge in [0.2, 0.25) is 0 Å². The number of amides is 1. The molecule has 0 aliphatic carbocycles. The second-order valence-corrected chi connectivity index (χ2v) is 5.53. The van der Waals surface area contributed by atoms with Crippen molar-refractivity contribution in [2.45, 2.75) is 0 Å². The summed E-state index contributed by atoms with van der Waals surface area (Å²) in [5.41, 5.74) is 0.597. The van der Waals surface area contributed by atoms with Crippen LogP contribution in [0.1, 0.15) is 0 Å². The van der Waals surface area contributed by atoms with E-state index in [4.69, 9.17) is 37.4 Å². The van der Waals surface area contributed by atoms with Crippen LogP contribution in [-0.2, 0) is 4.79 Å². The van der Waals surface area contributed by atoms with Gasteiger partial charge in [-0.05, 0) is 24.3 Å². The zero-order valence-electron chi connectivity index (χ0n) is 12.0. The van der Waals surface area contributed by atoms with E-state index in [0.29, 0.717) is 41.2 Å². The molecule has 1 amide bonds. The van der Waals surface area contributed by atoms with Crippen molar-refractivity contribution in [3.63, 3.8) is 0 Å². The molecule has 0 bridgehead atoms. The number of rotatable bonds is 4. The van der Waals surface area contributed by atoms with Gasteiger partial charge < -0.3 is 19.5 Å². The lowest BCUT2D eigenvalue weighted by Crippen LogP contribution is -2.21. The SMILES string of the molecule is O=C(COc1cccc(Cl)c1Cl)Nc1ccc2c(c1)OCCO2. The molecular formula is C16H13Cl2NO4. The molecule has 2 aromatic carbocycles. The highest BCUT2D eigenvalue weighted by atomic mass is 35.5. The molecule has 0 unspecified atom stereocenters. The molecule has 0 spiro atoms. The number of benzene rings is 2. The maximum atomic E-state index is 12.0. The van der Waals surface area contributed by atoms with E-state index in [1.807, 2.05) is 0 Å². The Hall–Kier alpha value is -2.11. The molecule has 1 aliphatic heterocycles. The summed E-state index contributed by atoms with van der Waals surface area (Å²) in [6.45, 7) is 0.822. The van der Waals surface area contributed by atoms with Gasteiger partial charge in [0.25, 0.3) is 5.91 Å². The number of halogens is 2. The Morgan fingerprint density at radius 3 is 2.74 bits per heavy atom. The van der Waals surface area contributed by atoms with Gasteiger partial charge in [0, 0.05) is 11.8 Å². The van der Waals surface area contributed by atoms with Gasteiger partial charge in [-0.25, -0.2) is 0 Å². The van der Waals surface area contributed by atoms with Crippen molar-refractivity contribution in [1.82, 2.24) is 0 Å². The molecule has 0 radical (unpaired) electrons. The minimum atomic E-state index is -0.322. The van der Waals surface area contributed by atoms with Gasteiger partial charge in [-0.2, -0.15) is 0 Å². The van der Waals surface area contributed by atoms with Crippen LogP contribution >= 0.6 is 23.2 Å². The van der Waals surface area contributed by atoms with Crippen LogP contribution in [0.3, 0.4) is 0 Å². The molecule has 7 heteroatoms. The third-order valence-electron chi connectivity index (χ3n) is 3.10. The second kappa shape index (κ2) is 6.98. The van der Waals surface area contributed by atoms with E-state index in [1.54, 1.807) is 36.4 Å². The number of fused-ring (bicyclic) bond motifs is 1. The molecule has 0 saturated heterocycles. The first-order valence-corrected chi connectivity index (χ1v) is 7.65. The Kier molecular flexibility index (Phi) is 4.79. The van der Waals surface area contributed by atoms with Crippen LogP contribution in [0.15, 0.2) is 36.4 Å². The van der Waals surface area contributed by atoms with E-state index in [1.165, 1.54) is 0 Å². The van der Waals surface area contributed by atoms with E-state index in [2.05, 4.69) is 5.32 Å². The number of carbonyl (C=O) groups is 1. The number of hydrogen-bond donors (Lipinski definition) is 1. The molecule has 0 aromatic heterocycles. The lowest BCUT2D eigenvalue weighted by Gasteiger charge is -2.19. The van der Waals surface area contributed by atoms with Crippen molar-refractivity contribution in [3.05, 3.63) is 46.4 Å². The number of ether oxygens (including phenoxy) is 3. The van der Waals surface area contributed by atoms with Gasteiger partial charge in [0.1, 0.15) is 24.0 Å². The topological polar surface area (TPSA) is 56.8 Å². The molecule has 0 atom stereocenters. The monoisotopic (exact) mass is 353 g/mol. The van der Waals surface area contributed by atoms with Crippen molar-refractivity contribution in [2.75, 3.05) is 25.1 Å². The quantitative estimate of drug-likeness (QED) is 0.908. The van der Waals surface area contributed by atoms with Crippen LogP contribution in [0.5, 0.6) is 17.2 Å². The summed E-state index contributed by atoms with van der Waals surface area (Å²) < 4.78 is 16.3. The summed E-state index contributed by atoms with van der Waals surface area (Å²) in [5.74, 6) is 1.30. The molecule has 5 nitrogen and oxygen atoms in total. The number of anilines is 1. The Bertz CT molecular complexity index is 736. The van der Waals surface area contributed by atoms with Gasteiger partial charge in [-0.3, -0.25) is 4.79 Å². The van der Waals surface area contributed by atoms with Crippen molar-refractivity contribution in [1.29, 1.82) is 0 Å². The Labute approximate surface area is 143 Å². The zero-order valence-corrected chi connectivity index (χ0v) is 13.5. The van der Waals surface area contributed by atoms with Crippen LogP contribution in [-0.4, -0.2) is 25.7 Å². The summed E-state index contributed by atoms with van der Waals surface area (Å²) in [6, 6.07) is 10.2. The van der Waals surface area contributed by atoms with Gasteiger partial charge in [-0.1, -0.05) is 29.3 Å². The van der Waals surface area contributed by atoms with Gasteiger partial charge >= 0.3 is 0 Å². The molecule has 2 aromatic rings. The Morgan fingerprint density at radius 1 is 1.13 bits per heavy atom. The van der Waals surface area contributed by atoms with Crippen molar-refractivity contribution in [3.8, 4) is 17.2 Å². The minimum absolute atomic E-state index is 0.186. The maximum absolute atomic E-state index is 12.0. The number of carbonyl (C=O) groups excluding carboxylic acids is 1. The van der Waals surface area contributed by atoms with E-state index >= 15 is 0 Å². The van der Waals surface area contributed by atoms with Crippen LogP contribution in [0.2, 0.25) is 10.0 Å². The van der Waals surface area contributed by atoms with Crippen LogP contribution in [0.4, 0.5) is 5.69 Å². The molecule has 1 heterocycles. The van der Waals surface area contributed by atoms with E-state index in [0.717, 1.165) is 0 Å². The van der Waals surface area contributed by atoms with E-state index in [-0.39, 0.29) is 17.5 Å². The lowest BCUT2D eigenvalue weighted by molar-refractivity contribution is -0.118. The lowest BCUT2D eigenvalue weighted by atomic mass is 10.2. The first kappa shape index (κ1) is 15.8. The Balaban J connectivity index is 1.60. The molecule has 120 valence electrons.